The van der Waals surface area contributed by atoms with Crippen LogP contribution in [0.15, 0.2) is 36.4 Å². The second-order valence-electron chi connectivity index (χ2n) is 6.76. The van der Waals surface area contributed by atoms with Crippen molar-refractivity contribution in [3.8, 4) is 11.5 Å². The molecule has 1 aliphatic heterocycles. The highest BCUT2D eigenvalue weighted by Crippen LogP contribution is 2.35. The van der Waals surface area contributed by atoms with Crippen molar-refractivity contribution in [3.63, 3.8) is 0 Å². The maximum absolute atomic E-state index is 12.9. The Hall–Kier alpha value is -2.49. The van der Waals surface area contributed by atoms with Gasteiger partial charge in [0.25, 0.3) is 0 Å². The number of hydrogen-bond donors (Lipinski definition) is 1. The Balaban J connectivity index is 1.86. The largest absolute Gasteiger partial charge is 0.486 e. The molecule has 0 aromatic heterocycles. The van der Waals surface area contributed by atoms with Crippen LogP contribution in [0.2, 0.25) is 0 Å². The van der Waals surface area contributed by atoms with Gasteiger partial charge in [-0.15, -0.1) is 0 Å². The van der Waals surface area contributed by atoms with E-state index in [1.807, 2.05) is 64.1 Å². The predicted molar refractivity (Wildman–Crippen MR) is 95.0 cm³/mol. The Labute approximate surface area is 142 Å². The van der Waals surface area contributed by atoms with Crippen molar-refractivity contribution in [1.29, 1.82) is 0 Å². The summed E-state index contributed by atoms with van der Waals surface area (Å²) in [6.07, 6.45) is 0. The number of ether oxygens (including phenoxy) is 2. The number of aryl methyl sites for hydroxylation is 2. The molecule has 1 aliphatic rings. The number of carbonyl (C=O) groups excluding carboxylic acids is 1. The molecule has 0 saturated carbocycles. The summed E-state index contributed by atoms with van der Waals surface area (Å²) in [7, 11) is 0. The molecule has 1 amide bonds. The Morgan fingerprint density at radius 2 is 1.71 bits per heavy atom. The molecule has 1 heterocycles. The summed E-state index contributed by atoms with van der Waals surface area (Å²) in [6.45, 7) is 8.93. The van der Waals surface area contributed by atoms with Crippen LogP contribution < -0.4 is 14.8 Å². The van der Waals surface area contributed by atoms with E-state index in [4.69, 9.17) is 9.47 Å². The van der Waals surface area contributed by atoms with Crippen molar-refractivity contribution in [1.82, 2.24) is 0 Å². The van der Waals surface area contributed by atoms with Crippen molar-refractivity contribution >= 4 is 11.6 Å². The highest BCUT2D eigenvalue weighted by Gasteiger charge is 2.31. The van der Waals surface area contributed by atoms with Gasteiger partial charge >= 0.3 is 0 Å². The normalized spacial score (nSPS) is 13.5. The van der Waals surface area contributed by atoms with E-state index in [1.54, 1.807) is 0 Å². The molecule has 2 aromatic rings. The van der Waals surface area contributed by atoms with Crippen LogP contribution in [0.3, 0.4) is 0 Å². The van der Waals surface area contributed by atoms with E-state index in [2.05, 4.69) is 5.32 Å². The Morgan fingerprint density at radius 1 is 1.00 bits per heavy atom. The fraction of sp³-hybridized carbons (Fsp3) is 0.350. The summed E-state index contributed by atoms with van der Waals surface area (Å²) >= 11 is 0. The first-order valence-electron chi connectivity index (χ1n) is 8.17. The van der Waals surface area contributed by atoms with Crippen molar-refractivity contribution in [2.24, 2.45) is 0 Å². The zero-order valence-electron chi connectivity index (χ0n) is 14.6. The van der Waals surface area contributed by atoms with Crippen molar-refractivity contribution in [2.75, 3.05) is 18.5 Å². The van der Waals surface area contributed by atoms with Gasteiger partial charge in [0.15, 0.2) is 11.5 Å². The lowest BCUT2D eigenvalue weighted by Gasteiger charge is -2.27. The predicted octanol–water partition coefficient (Wildman–Crippen LogP) is 3.99. The van der Waals surface area contributed by atoms with Gasteiger partial charge in [-0.3, -0.25) is 4.79 Å². The molecule has 1 N–H and O–H groups in total. The maximum atomic E-state index is 12.9. The third kappa shape index (κ3) is 3.09. The first-order valence-corrected chi connectivity index (χ1v) is 8.17. The van der Waals surface area contributed by atoms with Crippen LogP contribution in [0.5, 0.6) is 11.5 Å². The minimum absolute atomic E-state index is 0.0483. The van der Waals surface area contributed by atoms with Gasteiger partial charge in [0.1, 0.15) is 13.2 Å². The second kappa shape index (κ2) is 6.19. The van der Waals surface area contributed by atoms with E-state index in [0.29, 0.717) is 19.0 Å². The quantitative estimate of drug-likeness (QED) is 0.928. The third-order valence-corrected chi connectivity index (χ3v) is 4.47. The molecule has 0 unspecified atom stereocenters. The smallest absolute Gasteiger partial charge is 0.234 e. The summed E-state index contributed by atoms with van der Waals surface area (Å²) in [5.41, 5.74) is 3.23. The van der Waals surface area contributed by atoms with E-state index in [9.17, 15) is 4.79 Å². The van der Waals surface area contributed by atoms with Crippen LogP contribution in [-0.2, 0) is 10.2 Å². The third-order valence-electron chi connectivity index (χ3n) is 4.47. The summed E-state index contributed by atoms with van der Waals surface area (Å²) < 4.78 is 11.2. The summed E-state index contributed by atoms with van der Waals surface area (Å²) in [5.74, 6) is 1.38. The highest BCUT2D eigenvalue weighted by molar-refractivity contribution is 5.99. The average Bonchev–Trinajstić information content (AvgIpc) is 2.57. The zero-order valence-corrected chi connectivity index (χ0v) is 14.6. The molecule has 126 valence electrons. The molecular formula is C20H23NO3. The van der Waals surface area contributed by atoms with Gasteiger partial charge in [0.05, 0.1) is 5.41 Å². The van der Waals surface area contributed by atoms with Crippen LogP contribution in [0.1, 0.15) is 30.5 Å². The molecule has 4 heteroatoms. The molecule has 0 spiro atoms. The topological polar surface area (TPSA) is 47.6 Å². The Kier molecular flexibility index (Phi) is 4.22. The molecule has 0 saturated heterocycles. The molecule has 0 atom stereocenters. The maximum Gasteiger partial charge on any atom is 0.234 e. The molecule has 0 bridgehead atoms. The van der Waals surface area contributed by atoms with Crippen LogP contribution in [-0.4, -0.2) is 19.1 Å². The van der Waals surface area contributed by atoms with Gasteiger partial charge in [0, 0.05) is 5.69 Å². The molecule has 2 aromatic carbocycles. The number of carbonyl (C=O) groups is 1. The Bertz CT molecular complexity index is 780. The van der Waals surface area contributed by atoms with Crippen LogP contribution in [0, 0.1) is 13.8 Å². The molecule has 3 rings (SSSR count). The lowest BCUT2D eigenvalue weighted by atomic mass is 9.83. The molecule has 0 aliphatic carbocycles. The van der Waals surface area contributed by atoms with E-state index in [1.165, 1.54) is 0 Å². The summed E-state index contributed by atoms with van der Waals surface area (Å²) in [5, 5.41) is 3.06. The summed E-state index contributed by atoms with van der Waals surface area (Å²) in [4.78, 5) is 12.9. The van der Waals surface area contributed by atoms with Gasteiger partial charge in [-0.25, -0.2) is 0 Å². The SMILES string of the molecule is Cc1ccc(C)c(NC(=O)C(C)(C)c2ccc3c(c2)OCCO3)c1. The number of rotatable bonds is 3. The number of amides is 1. The van der Waals surface area contributed by atoms with Gasteiger partial charge < -0.3 is 14.8 Å². The first-order chi connectivity index (χ1) is 11.4. The van der Waals surface area contributed by atoms with E-state index in [0.717, 1.165) is 28.1 Å². The molecule has 0 fully saturated rings. The van der Waals surface area contributed by atoms with Crippen LogP contribution >= 0.6 is 0 Å². The van der Waals surface area contributed by atoms with Crippen LogP contribution in [0.4, 0.5) is 5.69 Å². The second-order valence-corrected chi connectivity index (χ2v) is 6.76. The monoisotopic (exact) mass is 325 g/mol. The minimum atomic E-state index is -0.688. The van der Waals surface area contributed by atoms with Crippen molar-refractivity contribution < 1.29 is 14.3 Å². The number of anilines is 1. The van der Waals surface area contributed by atoms with E-state index < -0.39 is 5.41 Å². The number of hydrogen-bond acceptors (Lipinski definition) is 3. The fourth-order valence-corrected chi connectivity index (χ4v) is 2.71. The zero-order chi connectivity index (χ0) is 17.3. The van der Waals surface area contributed by atoms with E-state index in [-0.39, 0.29) is 5.91 Å². The number of nitrogens with one attached hydrogen (secondary N) is 1. The standard InChI is InChI=1S/C20H23NO3/c1-13-5-6-14(2)16(11-13)21-19(22)20(3,4)15-7-8-17-18(12-15)24-10-9-23-17/h5-8,11-12H,9-10H2,1-4H3,(H,21,22). The highest BCUT2D eigenvalue weighted by atomic mass is 16.6. The average molecular weight is 325 g/mol. The van der Waals surface area contributed by atoms with E-state index >= 15 is 0 Å². The lowest BCUT2D eigenvalue weighted by Crippen LogP contribution is -2.35. The van der Waals surface area contributed by atoms with Crippen molar-refractivity contribution in [3.05, 3.63) is 53.1 Å². The first kappa shape index (κ1) is 16.4. The van der Waals surface area contributed by atoms with Crippen LogP contribution in [0.25, 0.3) is 0 Å². The number of fused-ring (bicyclic) bond motifs is 1. The van der Waals surface area contributed by atoms with Gasteiger partial charge in [-0.2, -0.15) is 0 Å². The Morgan fingerprint density at radius 3 is 2.46 bits per heavy atom. The summed E-state index contributed by atoms with van der Waals surface area (Å²) in [6, 6.07) is 11.7. The van der Waals surface area contributed by atoms with Crippen molar-refractivity contribution in [2.45, 2.75) is 33.1 Å². The fourth-order valence-electron chi connectivity index (χ4n) is 2.71. The molecular weight excluding hydrogens is 302 g/mol. The molecule has 24 heavy (non-hydrogen) atoms. The van der Waals surface area contributed by atoms with Gasteiger partial charge in [-0.1, -0.05) is 18.2 Å². The molecule has 0 radical (unpaired) electrons. The lowest BCUT2D eigenvalue weighted by molar-refractivity contribution is -0.120. The number of benzene rings is 2. The van der Waals surface area contributed by atoms with Gasteiger partial charge in [0.2, 0.25) is 5.91 Å². The molecule has 4 nitrogen and oxygen atoms in total. The van der Waals surface area contributed by atoms with Gasteiger partial charge in [-0.05, 0) is 62.6 Å². The minimum Gasteiger partial charge on any atom is -0.486 e.